The lowest BCUT2D eigenvalue weighted by molar-refractivity contribution is 0.181. The zero-order chi connectivity index (χ0) is 21.9. The zero-order valence-corrected chi connectivity index (χ0v) is 18.9. The number of hydrogen-bond acceptors (Lipinski definition) is 7. The van der Waals surface area contributed by atoms with Crippen LogP contribution < -0.4 is 9.47 Å². The van der Waals surface area contributed by atoms with Crippen LogP contribution in [-0.2, 0) is 26.4 Å². The molecule has 1 aliphatic rings. The number of sulfone groups is 1. The second-order valence-electron chi connectivity index (χ2n) is 7.12. The third-order valence-corrected chi connectivity index (χ3v) is 8.06. The molecule has 0 spiro atoms. The third-order valence-electron chi connectivity index (χ3n) is 5.06. The van der Waals surface area contributed by atoms with Gasteiger partial charge in [-0.25, -0.2) is 16.8 Å². The fourth-order valence-electron chi connectivity index (χ4n) is 3.38. The first kappa shape index (κ1) is 22.5. The molecule has 30 heavy (non-hydrogen) atoms. The topological polar surface area (TPSA) is 93.2 Å². The Kier molecular flexibility index (Phi) is 6.71. The molecule has 1 saturated heterocycles. The van der Waals surface area contributed by atoms with Crippen LogP contribution in [0.4, 0.5) is 0 Å². The van der Waals surface area contributed by atoms with E-state index in [2.05, 4.69) is 4.90 Å². The number of hydrogen-bond donors (Lipinski definition) is 0. The molecule has 8 nitrogen and oxygen atoms in total. The van der Waals surface area contributed by atoms with Crippen molar-refractivity contribution in [1.82, 2.24) is 9.21 Å². The predicted octanol–water partition coefficient (Wildman–Crippen LogP) is 1.61. The summed E-state index contributed by atoms with van der Waals surface area (Å²) in [4.78, 5) is 2.16. The molecule has 0 amide bonds. The molecule has 2 aromatic rings. The Labute approximate surface area is 178 Å². The van der Waals surface area contributed by atoms with Crippen LogP contribution in [0.3, 0.4) is 0 Å². The van der Waals surface area contributed by atoms with Crippen LogP contribution in [0.15, 0.2) is 52.3 Å². The second-order valence-corrected chi connectivity index (χ2v) is 11.1. The van der Waals surface area contributed by atoms with Crippen molar-refractivity contribution in [1.29, 1.82) is 0 Å². The van der Waals surface area contributed by atoms with E-state index in [-0.39, 0.29) is 9.79 Å². The van der Waals surface area contributed by atoms with Crippen molar-refractivity contribution in [3.05, 3.63) is 48.0 Å². The Bertz CT molecular complexity index is 1110. The first-order chi connectivity index (χ1) is 14.1. The summed E-state index contributed by atoms with van der Waals surface area (Å²) in [6, 6.07) is 11.2. The molecule has 3 rings (SSSR count). The smallest absolute Gasteiger partial charge is 0.243 e. The highest BCUT2D eigenvalue weighted by atomic mass is 32.2. The molecule has 10 heteroatoms. The molecular weight excluding hydrogens is 428 g/mol. The van der Waals surface area contributed by atoms with Crippen LogP contribution in [-0.4, -0.2) is 72.7 Å². The van der Waals surface area contributed by atoms with E-state index in [1.54, 1.807) is 14.2 Å². The SMILES string of the molecule is COc1ccc(CN2CCN(S(=O)(=O)c3cccc(S(C)(=O)=O)c3)CC2)cc1OC. The molecule has 1 aliphatic heterocycles. The maximum absolute atomic E-state index is 13.0. The number of sulfonamides is 1. The van der Waals surface area contributed by atoms with Crippen LogP contribution >= 0.6 is 0 Å². The van der Waals surface area contributed by atoms with Crippen molar-refractivity contribution >= 4 is 19.9 Å². The van der Waals surface area contributed by atoms with Crippen molar-refractivity contribution in [2.24, 2.45) is 0 Å². The summed E-state index contributed by atoms with van der Waals surface area (Å²) in [5.74, 6) is 1.32. The fraction of sp³-hybridized carbons (Fsp3) is 0.400. The predicted molar refractivity (Wildman–Crippen MR) is 113 cm³/mol. The average molecular weight is 455 g/mol. The summed E-state index contributed by atoms with van der Waals surface area (Å²) in [5.41, 5.74) is 1.05. The monoisotopic (exact) mass is 454 g/mol. The number of piperazine rings is 1. The van der Waals surface area contributed by atoms with E-state index in [0.29, 0.717) is 44.2 Å². The summed E-state index contributed by atoms with van der Waals surface area (Å²) in [5, 5.41) is 0. The van der Waals surface area contributed by atoms with Gasteiger partial charge in [0.05, 0.1) is 24.0 Å². The van der Waals surface area contributed by atoms with Crippen molar-refractivity contribution < 1.29 is 26.3 Å². The summed E-state index contributed by atoms with van der Waals surface area (Å²) in [6.07, 6.45) is 1.06. The molecule has 1 fully saturated rings. The van der Waals surface area contributed by atoms with E-state index >= 15 is 0 Å². The van der Waals surface area contributed by atoms with Gasteiger partial charge in [0.1, 0.15) is 0 Å². The second kappa shape index (κ2) is 8.93. The molecule has 0 saturated carbocycles. The van der Waals surface area contributed by atoms with Crippen LogP contribution in [0.5, 0.6) is 11.5 Å². The largest absolute Gasteiger partial charge is 0.493 e. The van der Waals surface area contributed by atoms with Gasteiger partial charge in [0.2, 0.25) is 10.0 Å². The summed E-state index contributed by atoms with van der Waals surface area (Å²) < 4.78 is 61.4. The highest BCUT2D eigenvalue weighted by Gasteiger charge is 2.29. The van der Waals surface area contributed by atoms with Crippen LogP contribution in [0.1, 0.15) is 5.56 Å². The Morgan fingerprint density at radius 1 is 0.833 bits per heavy atom. The van der Waals surface area contributed by atoms with E-state index in [1.807, 2.05) is 18.2 Å². The van der Waals surface area contributed by atoms with E-state index in [1.165, 1.54) is 28.6 Å². The van der Waals surface area contributed by atoms with Crippen molar-refractivity contribution in [3.8, 4) is 11.5 Å². The van der Waals surface area contributed by atoms with Gasteiger partial charge in [-0.05, 0) is 35.9 Å². The van der Waals surface area contributed by atoms with Crippen LogP contribution in [0.2, 0.25) is 0 Å². The fourth-order valence-corrected chi connectivity index (χ4v) is 5.59. The van der Waals surface area contributed by atoms with Gasteiger partial charge in [-0.2, -0.15) is 4.31 Å². The molecule has 1 heterocycles. The Morgan fingerprint density at radius 3 is 2.07 bits per heavy atom. The summed E-state index contributed by atoms with van der Waals surface area (Å²) in [6.45, 7) is 2.47. The molecule has 0 N–H and O–H groups in total. The normalized spacial score (nSPS) is 16.4. The van der Waals surface area contributed by atoms with Crippen molar-refractivity contribution in [2.75, 3.05) is 46.7 Å². The minimum atomic E-state index is -3.76. The standard InChI is InChI=1S/C20H26N2O6S2/c1-27-19-8-7-16(13-20(19)28-2)15-21-9-11-22(12-10-21)30(25,26)18-6-4-5-17(14-18)29(3,23)24/h4-8,13-14H,9-12,15H2,1-3H3. The number of ether oxygens (including phenoxy) is 2. The maximum atomic E-state index is 13.0. The molecule has 2 aromatic carbocycles. The molecule has 0 unspecified atom stereocenters. The average Bonchev–Trinajstić information content (AvgIpc) is 2.73. The van der Waals surface area contributed by atoms with Gasteiger partial charge in [-0.15, -0.1) is 0 Å². The molecule has 0 bridgehead atoms. The Balaban J connectivity index is 1.68. The van der Waals surface area contributed by atoms with Crippen LogP contribution in [0, 0.1) is 0 Å². The lowest BCUT2D eigenvalue weighted by atomic mass is 10.1. The minimum absolute atomic E-state index is 0.00114. The number of rotatable bonds is 7. The number of methoxy groups -OCH3 is 2. The lowest BCUT2D eigenvalue weighted by Gasteiger charge is -2.34. The van der Waals surface area contributed by atoms with E-state index in [4.69, 9.17) is 9.47 Å². The maximum Gasteiger partial charge on any atom is 0.243 e. The van der Waals surface area contributed by atoms with Gasteiger partial charge in [-0.3, -0.25) is 4.90 Å². The van der Waals surface area contributed by atoms with E-state index in [9.17, 15) is 16.8 Å². The highest BCUT2D eigenvalue weighted by molar-refractivity contribution is 7.91. The Morgan fingerprint density at radius 2 is 1.47 bits per heavy atom. The lowest BCUT2D eigenvalue weighted by Crippen LogP contribution is -2.48. The van der Waals surface area contributed by atoms with Gasteiger partial charge >= 0.3 is 0 Å². The summed E-state index contributed by atoms with van der Waals surface area (Å²) >= 11 is 0. The van der Waals surface area contributed by atoms with E-state index in [0.717, 1.165) is 11.8 Å². The first-order valence-electron chi connectivity index (χ1n) is 9.38. The van der Waals surface area contributed by atoms with Crippen molar-refractivity contribution in [3.63, 3.8) is 0 Å². The number of nitrogens with zero attached hydrogens (tertiary/aromatic N) is 2. The van der Waals surface area contributed by atoms with Gasteiger partial charge in [0.25, 0.3) is 0 Å². The summed E-state index contributed by atoms with van der Waals surface area (Å²) in [7, 11) is -4.06. The molecule has 0 radical (unpaired) electrons. The molecular formula is C20H26N2O6S2. The van der Waals surface area contributed by atoms with Crippen LogP contribution in [0.25, 0.3) is 0 Å². The molecule has 0 aliphatic carbocycles. The minimum Gasteiger partial charge on any atom is -0.493 e. The van der Waals surface area contributed by atoms with Gasteiger partial charge in [0.15, 0.2) is 21.3 Å². The van der Waals surface area contributed by atoms with Gasteiger partial charge in [0, 0.05) is 39.0 Å². The first-order valence-corrected chi connectivity index (χ1v) is 12.7. The van der Waals surface area contributed by atoms with Gasteiger partial charge in [-0.1, -0.05) is 12.1 Å². The number of benzene rings is 2. The highest BCUT2D eigenvalue weighted by Crippen LogP contribution is 2.28. The third kappa shape index (κ3) is 4.94. The van der Waals surface area contributed by atoms with Crippen molar-refractivity contribution in [2.45, 2.75) is 16.3 Å². The van der Waals surface area contributed by atoms with E-state index < -0.39 is 19.9 Å². The zero-order valence-electron chi connectivity index (χ0n) is 17.2. The Hall–Kier alpha value is -2.14. The van der Waals surface area contributed by atoms with Gasteiger partial charge < -0.3 is 9.47 Å². The molecule has 0 atom stereocenters. The quantitative estimate of drug-likeness (QED) is 0.627. The molecule has 164 valence electrons. The molecule has 0 aromatic heterocycles.